The van der Waals surface area contributed by atoms with Crippen molar-refractivity contribution in [3.8, 4) is 0 Å². The molecule has 2 atom stereocenters. The molecule has 0 aliphatic heterocycles. The lowest BCUT2D eigenvalue weighted by Gasteiger charge is -2.29. The molecule has 118 valence electrons. The fourth-order valence-corrected chi connectivity index (χ4v) is 5.45. The Balaban J connectivity index is 2.25. The highest BCUT2D eigenvalue weighted by molar-refractivity contribution is 7.99. The molecule has 0 heterocycles. The number of hydrogen-bond acceptors (Lipinski definition) is 4. The highest BCUT2D eigenvalue weighted by Crippen LogP contribution is 2.30. The Kier molecular flexibility index (Phi) is 5.22. The van der Waals surface area contributed by atoms with Crippen molar-refractivity contribution in [2.75, 3.05) is 12.0 Å². The fourth-order valence-electron chi connectivity index (χ4n) is 2.91. The van der Waals surface area contributed by atoms with E-state index in [-0.39, 0.29) is 10.9 Å². The summed E-state index contributed by atoms with van der Waals surface area (Å²) in [6.07, 6.45) is 6.13. The van der Waals surface area contributed by atoms with Crippen LogP contribution in [0.5, 0.6) is 0 Å². The first-order chi connectivity index (χ1) is 9.85. The summed E-state index contributed by atoms with van der Waals surface area (Å²) in [7, 11) is -3.56. The normalized spacial score (nSPS) is 23.2. The Morgan fingerprint density at radius 3 is 2.67 bits per heavy atom. The largest absolute Gasteiger partial charge is 0.398 e. The molecule has 1 aliphatic rings. The number of rotatable bonds is 4. The van der Waals surface area contributed by atoms with Crippen molar-refractivity contribution < 1.29 is 8.42 Å². The van der Waals surface area contributed by atoms with Crippen molar-refractivity contribution in [1.82, 2.24) is 4.72 Å². The molecular weight excluding hydrogens is 304 g/mol. The number of nitrogen functional groups attached to an aromatic ring is 1. The van der Waals surface area contributed by atoms with Crippen LogP contribution in [-0.2, 0) is 10.0 Å². The minimum atomic E-state index is -3.56. The van der Waals surface area contributed by atoms with E-state index in [0.29, 0.717) is 10.9 Å². The minimum absolute atomic E-state index is 0.0144. The van der Waals surface area contributed by atoms with E-state index in [9.17, 15) is 8.42 Å². The predicted molar refractivity (Wildman–Crippen MR) is 90.2 cm³/mol. The molecule has 3 N–H and O–H groups in total. The first-order valence-electron chi connectivity index (χ1n) is 7.26. The molecule has 4 nitrogen and oxygen atoms in total. The van der Waals surface area contributed by atoms with E-state index in [2.05, 4.69) is 11.0 Å². The summed E-state index contributed by atoms with van der Waals surface area (Å²) in [5, 5.41) is 0.544. The fraction of sp³-hybridized carbons (Fsp3) is 0.600. The summed E-state index contributed by atoms with van der Waals surface area (Å²) in [5.74, 6) is 0. The van der Waals surface area contributed by atoms with Crippen LogP contribution in [0.2, 0.25) is 0 Å². The summed E-state index contributed by atoms with van der Waals surface area (Å²) in [4.78, 5) is 0.244. The monoisotopic (exact) mass is 328 g/mol. The standard InChI is InChI=1S/C15H24N2O2S2/c1-10-7-8-14(16)15(11(10)2)21(18,19)17-12-5-4-6-13(9-12)20-3/h7-8,12-13,17H,4-6,9,16H2,1-3H3. The lowest BCUT2D eigenvalue weighted by atomic mass is 9.96. The van der Waals surface area contributed by atoms with Gasteiger partial charge in [0.2, 0.25) is 10.0 Å². The van der Waals surface area contributed by atoms with Crippen LogP contribution in [0.1, 0.15) is 36.8 Å². The molecule has 1 aliphatic carbocycles. The van der Waals surface area contributed by atoms with Crippen LogP contribution < -0.4 is 10.5 Å². The summed E-state index contributed by atoms with van der Waals surface area (Å²) in [6, 6.07) is 3.54. The zero-order valence-electron chi connectivity index (χ0n) is 12.8. The second-order valence-electron chi connectivity index (χ2n) is 5.77. The van der Waals surface area contributed by atoms with Crippen LogP contribution in [-0.4, -0.2) is 26.0 Å². The van der Waals surface area contributed by atoms with E-state index < -0.39 is 10.0 Å². The molecule has 0 radical (unpaired) electrons. The first-order valence-corrected chi connectivity index (χ1v) is 10.0. The van der Waals surface area contributed by atoms with Gasteiger partial charge in [-0.25, -0.2) is 13.1 Å². The quantitative estimate of drug-likeness (QED) is 0.834. The maximum Gasteiger partial charge on any atom is 0.243 e. The highest BCUT2D eigenvalue weighted by atomic mass is 32.2. The maximum absolute atomic E-state index is 12.7. The summed E-state index contributed by atoms with van der Waals surface area (Å²) >= 11 is 1.82. The van der Waals surface area contributed by atoms with Gasteiger partial charge in [0.25, 0.3) is 0 Å². The number of thioether (sulfide) groups is 1. The summed E-state index contributed by atoms with van der Waals surface area (Å²) in [5.41, 5.74) is 7.91. The number of hydrogen-bond donors (Lipinski definition) is 2. The summed E-state index contributed by atoms with van der Waals surface area (Å²) < 4.78 is 28.2. The van der Waals surface area contributed by atoms with Gasteiger partial charge in [-0.1, -0.05) is 12.5 Å². The molecular formula is C15H24N2O2S2. The Morgan fingerprint density at radius 1 is 1.29 bits per heavy atom. The van der Waals surface area contributed by atoms with Gasteiger partial charge in [0.1, 0.15) is 4.90 Å². The van der Waals surface area contributed by atoms with Crippen LogP contribution in [0.3, 0.4) is 0 Å². The predicted octanol–water partition coefficient (Wildman–Crippen LogP) is 2.84. The van der Waals surface area contributed by atoms with Gasteiger partial charge in [0.05, 0.1) is 5.69 Å². The third kappa shape index (κ3) is 3.73. The van der Waals surface area contributed by atoms with Gasteiger partial charge in [-0.15, -0.1) is 0 Å². The smallest absolute Gasteiger partial charge is 0.243 e. The van der Waals surface area contributed by atoms with Crippen LogP contribution in [0, 0.1) is 13.8 Å². The van der Waals surface area contributed by atoms with Crippen molar-refractivity contribution in [3.05, 3.63) is 23.3 Å². The molecule has 1 fully saturated rings. The molecule has 6 heteroatoms. The number of benzene rings is 1. The van der Waals surface area contributed by atoms with Crippen LogP contribution >= 0.6 is 11.8 Å². The molecule has 1 aromatic carbocycles. The van der Waals surface area contributed by atoms with Crippen molar-refractivity contribution in [2.45, 2.75) is 55.7 Å². The van der Waals surface area contributed by atoms with Gasteiger partial charge in [-0.05, 0) is 56.6 Å². The number of sulfonamides is 1. The number of aryl methyl sites for hydroxylation is 1. The van der Waals surface area contributed by atoms with Gasteiger partial charge in [0.15, 0.2) is 0 Å². The van der Waals surface area contributed by atoms with E-state index in [1.165, 1.54) is 6.42 Å². The average Bonchev–Trinajstić information content (AvgIpc) is 2.42. The van der Waals surface area contributed by atoms with E-state index >= 15 is 0 Å². The number of nitrogens with one attached hydrogen (secondary N) is 1. The lowest BCUT2D eigenvalue weighted by molar-refractivity contribution is 0.421. The lowest BCUT2D eigenvalue weighted by Crippen LogP contribution is -2.39. The van der Waals surface area contributed by atoms with Gasteiger partial charge in [0, 0.05) is 11.3 Å². The molecule has 1 saturated carbocycles. The Bertz CT molecular complexity index is 614. The van der Waals surface area contributed by atoms with Gasteiger partial charge in [-0.2, -0.15) is 11.8 Å². The minimum Gasteiger partial charge on any atom is -0.398 e. The maximum atomic E-state index is 12.7. The van der Waals surface area contributed by atoms with Crippen molar-refractivity contribution in [2.24, 2.45) is 0 Å². The Hall–Kier alpha value is -0.720. The average molecular weight is 329 g/mol. The molecule has 0 saturated heterocycles. The van der Waals surface area contributed by atoms with Crippen molar-refractivity contribution in [1.29, 1.82) is 0 Å². The van der Waals surface area contributed by atoms with Crippen molar-refractivity contribution in [3.63, 3.8) is 0 Å². The zero-order chi connectivity index (χ0) is 15.6. The van der Waals surface area contributed by atoms with Gasteiger partial charge < -0.3 is 5.73 Å². The first kappa shape index (κ1) is 16.6. The number of anilines is 1. The van der Waals surface area contributed by atoms with E-state index in [1.807, 2.05) is 31.7 Å². The zero-order valence-corrected chi connectivity index (χ0v) is 14.5. The molecule has 1 aromatic rings. The Morgan fingerprint density at radius 2 is 2.00 bits per heavy atom. The van der Waals surface area contributed by atoms with Gasteiger partial charge >= 0.3 is 0 Å². The highest BCUT2D eigenvalue weighted by Gasteiger charge is 2.28. The molecule has 0 amide bonds. The second-order valence-corrected chi connectivity index (χ2v) is 8.56. The van der Waals surface area contributed by atoms with Crippen LogP contribution in [0.4, 0.5) is 5.69 Å². The van der Waals surface area contributed by atoms with E-state index in [4.69, 9.17) is 5.73 Å². The molecule has 2 unspecified atom stereocenters. The van der Waals surface area contributed by atoms with Gasteiger partial charge in [-0.3, -0.25) is 0 Å². The molecule has 21 heavy (non-hydrogen) atoms. The Labute approximate surface area is 131 Å². The molecule has 0 bridgehead atoms. The van der Waals surface area contributed by atoms with E-state index in [0.717, 1.165) is 30.4 Å². The van der Waals surface area contributed by atoms with Crippen molar-refractivity contribution >= 4 is 27.5 Å². The third-order valence-electron chi connectivity index (χ3n) is 4.26. The van der Waals surface area contributed by atoms with Crippen LogP contribution in [0.15, 0.2) is 17.0 Å². The molecule has 0 aromatic heterocycles. The topological polar surface area (TPSA) is 72.2 Å². The second kappa shape index (κ2) is 6.58. The molecule has 2 rings (SSSR count). The number of nitrogens with two attached hydrogens (primary N) is 1. The summed E-state index contributed by atoms with van der Waals surface area (Å²) in [6.45, 7) is 3.71. The van der Waals surface area contributed by atoms with E-state index in [1.54, 1.807) is 6.07 Å². The van der Waals surface area contributed by atoms with Crippen LogP contribution in [0.25, 0.3) is 0 Å². The molecule has 0 spiro atoms. The third-order valence-corrected chi connectivity index (χ3v) is 7.07. The SMILES string of the molecule is CSC1CCCC(NS(=O)(=O)c2c(N)ccc(C)c2C)C1.